The number of anilines is 1. The number of hydrogen-bond donors (Lipinski definition) is 0. The first kappa shape index (κ1) is 11.3. The van der Waals surface area contributed by atoms with Crippen molar-refractivity contribution < 1.29 is 9.47 Å². The van der Waals surface area contributed by atoms with E-state index in [9.17, 15) is 0 Å². The molecule has 3 rings (SSSR count). The van der Waals surface area contributed by atoms with Gasteiger partial charge in [0.2, 0.25) is 5.88 Å². The predicted molar refractivity (Wildman–Crippen MR) is 67.2 cm³/mol. The van der Waals surface area contributed by atoms with Crippen molar-refractivity contribution in [3.05, 3.63) is 18.6 Å². The van der Waals surface area contributed by atoms with Crippen LogP contribution in [-0.4, -0.2) is 47.3 Å². The summed E-state index contributed by atoms with van der Waals surface area (Å²) >= 11 is 0. The van der Waals surface area contributed by atoms with Crippen LogP contribution in [0, 0.1) is 0 Å². The summed E-state index contributed by atoms with van der Waals surface area (Å²) in [5.41, 5.74) is 0.836. The molecule has 0 amide bonds. The number of nitrogens with zero attached hydrogens (tertiary/aromatic N) is 4. The zero-order chi connectivity index (χ0) is 12.4. The van der Waals surface area contributed by atoms with Crippen molar-refractivity contribution in [3.8, 4) is 5.88 Å². The Morgan fingerprint density at radius 3 is 3.00 bits per heavy atom. The molecule has 0 saturated carbocycles. The number of aromatic nitrogens is 3. The van der Waals surface area contributed by atoms with Gasteiger partial charge in [-0.3, -0.25) is 4.40 Å². The lowest BCUT2D eigenvalue weighted by atomic mass is 10.4. The molecule has 1 aliphatic rings. The van der Waals surface area contributed by atoms with Crippen LogP contribution in [0.4, 0.5) is 5.82 Å². The first-order chi connectivity index (χ1) is 8.88. The highest BCUT2D eigenvalue weighted by molar-refractivity contribution is 5.65. The van der Waals surface area contributed by atoms with Gasteiger partial charge >= 0.3 is 0 Å². The van der Waals surface area contributed by atoms with Gasteiger partial charge in [-0.15, -0.1) is 0 Å². The first-order valence-electron chi connectivity index (χ1n) is 6.17. The molecule has 0 N–H and O–H groups in total. The Kier molecular flexibility index (Phi) is 3.02. The Morgan fingerprint density at radius 2 is 2.22 bits per heavy atom. The number of ether oxygens (including phenoxy) is 2. The summed E-state index contributed by atoms with van der Waals surface area (Å²) in [5.74, 6) is 1.53. The molecule has 18 heavy (non-hydrogen) atoms. The lowest BCUT2D eigenvalue weighted by Crippen LogP contribution is -2.37. The number of morpholine rings is 1. The smallest absolute Gasteiger partial charge is 0.232 e. The zero-order valence-corrected chi connectivity index (χ0v) is 10.4. The van der Waals surface area contributed by atoms with Gasteiger partial charge in [0.15, 0.2) is 11.5 Å². The van der Waals surface area contributed by atoms with Crippen LogP contribution in [0.15, 0.2) is 18.6 Å². The van der Waals surface area contributed by atoms with Crippen LogP contribution in [0.5, 0.6) is 5.88 Å². The second-order valence-corrected chi connectivity index (χ2v) is 4.09. The molecule has 3 heterocycles. The average Bonchev–Trinajstić information content (AvgIpc) is 2.82. The molecule has 6 nitrogen and oxygen atoms in total. The second kappa shape index (κ2) is 4.81. The van der Waals surface area contributed by atoms with E-state index in [0.717, 1.165) is 37.8 Å². The summed E-state index contributed by atoms with van der Waals surface area (Å²) in [6.07, 6.45) is 5.55. The maximum Gasteiger partial charge on any atom is 0.232 e. The maximum atomic E-state index is 5.43. The fourth-order valence-electron chi connectivity index (χ4n) is 2.10. The fourth-order valence-corrected chi connectivity index (χ4v) is 2.10. The number of hydrogen-bond acceptors (Lipinski definition) is 5. The van der Waals surface area contributed by atoms with Crippen molar-refractivity contribution >= 4 is 11.5 Å². The van der Waals surface area contributed by atoms with Gasteiger partial charge in [-0.1, -0.05) is 0 Å². The van der Waals surface area contributed by atoms with Crippen molar-refractivity contribution in [3.63, 3.8) is 0 Å². The average molecular weight is 248 g/mol. The quantitative estimate of drug-likeness (QED) is 0.810. The second-order valence-electron chi connectivity index (χ2n) is 4.09. The van der Waals surface area contributed by atoms with Gasteiger partial charge in [0.1, 0.15) is 0 Å². The normalized spacial score (nSPS) is 16.2. The van der Waals surface area contributed by atoms with Crippen LogP contribution in [-0.2, 0) is 4.74 Å². The van der Waals surface area contributed by atoms with Crippen LogP contribution < -0.4 is 9.64 Å². The largest absolute Gasteiger partial charge is 0.477 e. The molecule has 0 spiro atoms. The molecule has 2 aromatic heterocycles. The molecule has 96 valence electrons. The van der Waals surface area contributed by atoms with Crippen LogP contribution in [0.1, 0.15) is 6.92 Å². The summed E-state index contributed by atoms with van der Waals surface area (Å²) in [6, 6.07) is 0. The van der Waals surface area contributed by atoms with Crippen LogP contribution >= 0.6 is 0 Å². The van der Waals surface area contributed by atoms with Crippen LogP contribution in [0.2, 0.25) is 0 Å². The van der Waals surface area contributed by atoms with E-state index in [2.05, 4.69) is 14.9 Å². The van der Waals surface area contributed by atoms with Crippen molar-refractivity contribution in [2.75, 3.05) is 37.8 Å². The SMILES string of the molecule is CCOc1cn2ccnc(N3CCOCC3)c2n1. The lowest BCUT2D eigenvalue weighted by molar-refractivity contribution is 0.122. The van der Waals surface area contributed by atoms with Crippen molar-refractivity contribution in [2.24, 2.45) is 0 Å². The topological polar surface area (TPSA) is 51.9 Å². The van der Waals surface area contributed by atoms with E-state index >= 15 is 0 Å². The van der Waals surface area contributed by atoms with Gasteiger partial charge in [0, 0.05) is 25.5 Å². The summed E-state index contributed by atoms with van der Waals surface area (Å²) in [7, 11) is 0. The van der Waals surface area contributed by atoms with Crippen LogP contribution in [0.25, 0.3) is 5.65 Å². The molecule has 0 unspecified atom stereocenters. The molecule has 0 aromatic carbocycles. The number of rotatable bonds is 3. The highest BCUT2D eigenvalue weighted by Crippen LogP contribution is 2.21. The molecular formula is C12H16N4O2. The van der Waals surface area contributed by atoms with Crippen molar-refractivity contribution in [1.29, 1.82) is 0 Å². The molecule has 2 aromatic rings. The molecular weight excluding hydrogens is 232 g/mol. The molecule has 0 aliphatic carbocycles. The lowest BCUT2D eigenvalue weighted by Gasteiger charge is -2.27. The van der Waals surface area contributed by atoms with E-state index in [-0.39, 0.29) is 0 Å². The fraction of sp³-hybridized carbons (Fsp3) is 0.500. The number of fused-ring (bicyclic) bond motifs is 1. The molecule has 0 radical (unpaired) electrons. The highest BCUT2D eigenvalue weighted by Gasteiger charge is 2.17. The third-order valence-corrected chi connectivity index (χ3v) is 2.94. The summed E-state index contributed by atoms with van der Waals surface area (Å²) < 4.78 is 12.7. The Morgan fingerprint density at radius 1 is 1.39 bits per heavy atom. The third kappa shape index (κ3) is 1.99. The minimum absolute atomic E-state index is 0.615. The minimum atomic E-state index is 0.615. The van der Waals surface area contributed by atoms with Gasteiger partial charge in [-0.25, -0.2) is 4.98 Å². The van der Waals surface area contributed by atoms with E-state index in [1.807, 2.05) is 23.7 Å². The molecule has 1 aliphatic heterocycles. The standard InChI is InChI=1S/C12H16N4O2/c1-2-18-10-9-16-4-3-13-11(12(16)14-10)15-5-7-17-8-6-15/h3-4,9H,2,5-8H2,1H3. The number of imidazole rings is 1. The predicted octanol–water partition coefficient (Wildman–Crippen LogP) is 0.965. The van der Waals surface area contributed by atoms with Gasteiger partial charge in [-0.2, -0.15) is 4.98 Å². The Hall–Kier alpha value is -1.82. The molecule has 1 fully saturated rings. The van der Waals surface area contributed by atoms with Gasteiger partial charge < -0.3 is 14.4 Å². The van der Waals surface area contributed by atoms with E-state index in [1.165, 1.54) is 0 Å². The van der Waals surface area contributed by atoms with E-state index < -0.39 is 0 Å². The molecule has 6 heteroatoms. The van der Waals surface area contributed by atoms with Crippen LogP contribution in [0.3, 0.4) is 0 Å². The first-order valence-corrected chi connectivity index (χ1v) is 6.17. The Bertz CT molecular complexity index is 534. The maximum absolute atomic E-state index is 5.43. The summed E-state index contributed by atoms with van der Waals surface area (Å²) in [6.45, 7) is 5.74. The van der Waals surface area contributed by atoms with E-state index in [1.54, 1.807) is 6.20 Å². The van der Waals surface area contributed by atoms with E-state index in [4.69, 9.17) is 9.47 Å². The Balaban J connectivity index is 1.99. The van der Waals surface area contributed by atoms with Crippen molar-refractivity contribution in [1.82, 2.24) is 14.4 Å². The van der Waals surface area contributed by atoms with E-state index in [0.29, 0.717) is 12.5 Å². The van der Waals surface area contributed by atoms with Crippen molar-refractivity contribution in [2.45, 2.75) is 6.92 Å². The molecule has 0 atom stereocenters. The summed E-state index contributed by atoms with van der Waals surface area (Å²) in [5, 5.41) is 0. The highest BCUT2D eigenvalue weighted by atomic mass is 16.5. The van der Waals surface area contributed by atoms with Gasteiger partial charge in [0.05, 0.1) is 26.0 Å². The van der Waals surface area contributed by atoms with Gasteiger partial charge in [-0.05, 0) is 6.92 Å². The Labute approximate surface area is 105 Å². The minimum Gasteiger partial charge on any atom is -0.477 e. The molecule has 0 bridgehead atoms. The summed E-state index contributed by atoms with van der Waals surface area (Å²) in [4.78, 5) is 11.1. The zero-order valence-electron chi connectivity index (χ0n) is 10.4. The van der Waals surface area contributed by atoms with Gasteiger partial charge in [0.25, 0.3) is 0 Å². The molecule has 1 saturated heterocycles. The monoisotopic (exact) mass is 248 g/mol. The third-order valence-electron chi connectivity index (χ3n) is 2.94.